The van der Waals surface area contributed by atoms with Gasteiger partial charge in [-0.15, -0.1) is 12.4 Å². The van der Waals surface area contributed by atoms with E-state index in [1.54, 1.807) is 12.1 Å². The van der Waals surface area contributed by atoms with Crippen molar-refractivity contribution in [3.63, 3.8) is 0 Å². The van der Waals surface area contributed by atoms with Crippen LogP contribution in [0.1, 0.15) is 42.9 Å². The van der Waals surface area contributed by atoms with Gasteiger partial charge in [0.05, 0.1) is 6.10 Å². The Bertz CT molecular complexity index is 746. The zero-order valence-electron chi connectivity index (χ0n) is 14.7. The van der Waals surface area contributed by atoms with Crippen LogP contribution in [0, 0.1) is 12.7 Å². The highest BCUT2D eigenvalue weighted by Gasteiger charge is 2.19. The Morgan fingerprint density at radius 1 is 1.19 bits per heavy atom. The van der Waals surface area contributed by atoms with E-state index in [4.69, 9.17) is 10.5 Å². The van der Waals surface area contributed by atoms with Crippen molar-refractivity contribution in [2.75, 3.05) is 5.32 Å². The molecule has 2 aromatic rings. The number of carbonyl (C=O) groups is 1. The number of hydrogen-bond donors (Lipinski definition) is 2. The van der Waals surface area contributed by atoms with Crippen molar-refractivity contribution in [2.24, 2.45) is 5.73 Å². The number of carbonyl (C=O) groups excluding carboxylic acids is 1. The number of nitrogens with two attached hydrogens (primary N) is 1. The second-order valence-electron chi connectivity index (χ2n) is 6.55. The molecule has 1 fully saturated rings. The number of halogens is 2. The molecule has 1 saturated carbocycles. The van der Waals surface area contributed by atoms with Gasteiger partial charge in [0.2, 0.25) is 5.91 Å². The zero-order chi connectivity index (χ0) is 17.8. The fourth-order valence-electron chi connectivity index (χ4n) is 3.01. The van der Waals surface area contributed by atoms with Crippen LogP contribution in [0.3, 0.4) is 0 Å². The molecular formula is C20H24ClFN2O2. The summed E-state index contributed by atoms with van der Waals surface area (Å²) in [4.78, 5) is 12.3. The van der Waals surface area contributed by atoms with Crippen LogP contribution in [0.2, 0.25) is 0 Å². The van der Waals surface area contributed by atoms with Gasteiger partial charge in [0.25, 0.3) is 0 Å². The summed E-state index contributed by atoms with van der Waals surface area (Å²) in [6.45, 7) is 1.97. The van der Waals surface area contributed by atoms with Crippen LogP contribution in [0.15, 0.2) is 42.5 Å². The second kappa shape index (κ2) is 9.01. The summed E-state index contributed by atoms with van der Waals surface area (Å²) in [7, 11) is 0. The Morgan fingerprint density at radius 2 is 1.85 bits per heavy atom. The lowest BCUT2D eigenvalue weighted by atomic mass is 10.1. The number of hydrogen-bond acceptors (Lipinski definition) is 3. The second-order valence-corrected chi connectivity index (χ2v) is 6.55. The van der Waals surface area contributed by atoms with E-state index in [0.717, 1.165) is 31.2 Å². The van der Waals surface area contributed by atoms with E-state index in [1.807, 2.05) is 31.2 Å². The van der Waals surface area contributed by atoms with Crippen molar-refractivity contribution in [1.29, 1.82) is 0 Å². The fourth-order valence-corrected chi connectivity index (χ4v) is 3.01. The van der Waals surface area contributed by atoms with Crippen molar-refractivity contribution >= 4 is 24.0 Å². The molecule has 0 aromatic heterocycles. The van der Waals surface area contributed by atoms with Crippen molar-refractivity contribution in [3.8, 4) is 5.75 Å². The number of benzene rings is 2. The van der Waals surface area contributed by atoms with Gasteiger partial charge in [-0.05, 0) is 50.3 Å². The van der Waals surface area contributed by atoms with Crippen molar-refractivity contribution in [1.82, 2.24) is 0 Å². The number of aryl methyl sites for hydroxylation is 1. The first kappa shape index (κ1) is 20.2. The van der Waals surface area contributed by atoms with Gasteiger partial charge in [0, 0.05) is 11.8 Å². The van der Waals surface area contributed by atoms with Crippen molar-refractivity contribution in [3.05, 3.63) is 59.4 Å². The largest absolute Gasteiger partial charge is 0.487 e. The molecule has 2 aromatic carbocycles. The molecule has 26 heavy (non-hydrogen) atoms. The maximum Gasteiger partial charge on any atom is 0.245 e. The smallest absolute Gasteiger partial charge is 0.245 e. The minimum atomic E-state index is -0.807. The lowest BCUT2D eigenvalue weighted by molar-refractivity contribution is -0.117. The summed E-state index contributed by atoms with van der Waals surface area (Å²) in [5.74, 6) is -0.631. The first-order valence-corrected chi connectivity index (χ1v) is 8.62. The molecular weight excluding hydrogens is 355 g/mol. The Labute approximate surface area is 159 Å². The third-order valence-electron chi connectivity index (χ3n) is 4.51. The van der Waals surface area contributed by atoms with E-state index in [1.165, 1.54) is 6.07 Å². The number of anilines is 1. The molecule has 1 aliphatic rings. The molecule has 1 atom stereocenters. The number of amides is 1. The van der Waals surface area contributed by atoms with Gasteiger partial charge >= 0.3 is 0 Å². The molecule has 4 nitrogen and oxygen atoms in total. The molecule has 0 saturated heterocycles. The molecule has 0 heterocycles. The van der Waals surface area contributed by atoms with E-state index in [2.05, 4.69) is 5.32 Å². The highest BCUT2D eigenvalue weighted by Crippen LogP contribution is 2.28. The molecule has 0 bridgehead atoms. The van der Waals surface area contributed by atoms with Crippen LogP contribution < -0.4 is 15.8 Å². The van der Waals surface area contributed by atoms with Crippen LogP contribution in [-0.2, 0) is 4.79 Å². The molecule has 0 spiro atoms. The predicted octanol–water partition coefficient (Wildman–Crippen LogP) is 4.52. The minimum absolute atomic E-state index is 0. The van der Waals surface area contributed by atoms with E-state index in [-0.39, 0.29) is 30.2 Å². The summed E-state index contributed by atoms with van der Waals surface area (Å²) in [6, 6.07) is 11.1. The molecule has 1 amide bonds. The molecule has 140 valence electrons. The van der Waals surface area contributed by atoms with E-state index in [0.29, 0.717) is 11.3 Å². The van der Waals surface area contributed by atoms with Crippen LogP contribution in [0.4, 0.5) is 10.1 Å². The number of ether oxygens (including phenoxy) is 1. The lowest BCUT2D eigenvalue weighted by Gasteiger charge is -2.16. The zero-order valence-corrected chi connectivity index (χ0v) is 15.5. The Hall–Kier alpha value is -2.11. The number of nitrogens with one attached hydrogen (secondary N) is 1. The average molecular weight is 379 g/mol. The molecule has 6 heteroatoms. The van der Waals surface area contributed by atoms with Crippen LogP contribution in [0.25, 0.3) is 0 Å². The van der Waals surface area contributed by atoms with Gasteiger partial charge in [-0.1, -0.05) is 29.8 Å². The predicted molar refractivity (Wildman–Crippen MR) is 103 cm³/mol. The standard InChI is InChI=1S/C20H23FN2O2.ClH/c1-13-6-8-14(9-7-13)19(22)20(24)23-15-10-11-18(17(21)12-15)25-16-4-2-3-5-16;/h6-12,16,19H,2-5,22H2,1H3,(H,23,24);1H. The van der Waals surface area contributed by atoms with Crippen molar-refractivity contribution in [2.45, 2.75) is 44.8 Å². The van der Waals surface area contributed by atoms with Gasteiger partial charge in [-0.2, -0.15) is 0 Å². The summed E-state index contributed by atoms with van der Waals surface area (Å²) < 4.78 is 19.9. The van der Waals surface area contributed by atoms with Gasteiger partial charge in [-0.3, -0.25) is 4.79 Å². The minimum Gasteiger partial charge on any atom is -0.487 e. The monoisotopic (exact) mass is 378 g/mol. The molecule has 3 rings (SSSR count). The first-order valence-electron chi connectivity index (χ1n) is 8.62. The van der Waals surface area contributed by atoms with Gasteiger partial charge < -0.3 is 15.8 Å². The van der Waals surface area contributed by atoms with Crippen molar-refractivity contribution < 1.29 is 13.9 Å². The maximum atomic E-state index is 14.2. The third-order valence-corrected chi connectivity index (χ3v) is 4.51. The van der Waals surface area contributed by atoms with E-state index >= 15 is 0 Å². The van der Waals surface area contributed by atoms with E-state index in [9.17, 15) is 9.18 Å². The fraction of sp³-hybridized carbons (Fsp3) is 0.350. The first-order chi connectivity index (χ1) is 12.0. The topological polar surface area (TPSA) is 64.4 Å². The quantitative estimate of drug-likeness (QED) is 0.804. The summed E-state index contributed by atoms with van der Waals surface area (Å²) in [5, 5.41) is 2.66. The van der Waals surface area contributed by atoms with Gasteiger partial charge in [0.1, 0.15) is 6.04 Å². The Kier molecular flexibility index (Phi) is 7.00. The molecule has 0 radical (unpaired) electrons. The summed E-state index contributed by atoms with van der Waals surface area (Å²) in [6.07, 6.45) is 4.26. The van der Waals surface area contributed by atoms with Crippen LogP contribution in [-0.4, -0.2) is 12.0 Å². The van der Waals surface area contributed by atoms with E-state index < -0.39 is 11.9 Å². The molecule has 0 aliphatic heterocycles. The third kappa shape index (κ3) is 4.96. The average Bonchev–Trinajstić information content (AvgIpc) is 3.10. The van der Waals surface area contributed by atoms with Crippen LogP contribution >= 0.6 is 12.4 Å². The molecule has 3 N–H and O–H groups in total. The summed E-state index contributed by atoms with van der Waals surface area (Å²) in [5.41, 5.74) is 8.15. The van der Waals surface area contributed by atoms with Gasteiger partial charge in [0.15, 0.2) is 11.6 Å². The maximum absolute atomic E-state index is 14.2. The lowest BCUT2D eigenvalue weighted by Crippen LogP contribution is -2.27. The highest BCUT2D eigenvalue weighted by molar-refractivity contribution is 5.95. The SMILES string of the molecule is Cc1ccc(C(N)C(=O)Nc2ccc(OC3CCCC3)c(F)c2)cc1.Cl. The summed E-state index contributed by atoms with van der Waals surface area (Å²) >= 11 is 0. The van der Waals surface area contributed by atoms with Crippen LogP contribution in [0.5, 0.6) is 5.75 Å². The molecule has 1 aliphatic carbocycles. The normalized spacial score (nSPS) is 15.2. The number of rotatable bonds is 5. The Balaban J connectivity index is 0.00000243. The molecule has 1 unspecified atom stereocenters. The van der Waals surface area contributed by atoms with Gasteiger partial charge in [-0.25, -0.2) is 4.39 Å². The Morgan fingerprint density at radius 3 is 2.46 bits per heavy atom. The highest BCUT2D eigenvalue weighted by atomic mass is 35.5.